The van der Waals surface area contributed by atoms with E-state index < -0.39 is 5.82 Å². The topological polar surface area (TPSA) is 49.8 Å². The van der Waals surface area contributed by atoms with Crippen LogP contribution in [0.4, 0.5) is 21.7 Å². The van der Waals surface area contributed by atoms with E-state index in [1.807, 2.05) is 0 Å². The molecule has 6 heteroatoms. The second-order valence-corrected chi connectivity index (χ2v) is 5.21. The van der Waals surface area contributed by atoms with Gasteiger partial charge < -0.3 is 10.6 Å². The van der Waals surface area contributed by atoms with Crippen LogP contribution < -0.4 is 10.6 Å². The molecule has 104 valence electrons. The number of halogens is 2. The maximum atomic E-state index is 13.8. The normalized spacial score (nSPS) is 14.2. The molecule has 0 unspecified atom stereocenters. The minimum Gasteiger partial charge on any atom is -0.373 e. The second kappa shape index (κ2) is 5.25. The number of nitrogens with zero attached hydrogens (tertiary/aromatic N) is 2. The van der Waals surface area contributed by atoms with Crippen molar-refractivity contribution in [3.8, 4) is 0 Å². The first-order valence-electron chi connectivity index (χ1n) is 6.44. The zero-order valence-electron chi connectivity index (χ0n) is 11.0. The Morgan fingerprint density at radius 3 is 2.60 bits per heavy atom. The molecular weight excluding hydrogens is 279 g/mol. The van der Waals surface area contributed by atoms with Gasteiger partial charge in [0.15, 0.2) is 0 Å². The summed E-state index contributed by atoms with van der Waals surface area (Å²) in [5.74, 6) is 2.12. The largest absolute Gasteiger partial charge is 0.373 e. The van der Waals surface area contributed by atoms with Gasteiger partial charge in [-0.3, -0.25) is 0 Å². The Morgan fingerprint density at radius 2 is 1.95 bits per heavy atom. The lowest BCUT2D eigenvalue weighted by atomic mass is 10.3. The van der Waals surface area contributed by atoms with Crippen molar-refractivity contribution in [1.82, 2.24) is 9.97 Å². The molecule has 0 amide bonds. The Bertz CT molecular complexity index is 643. The third-order valence-electron chi connectivity index (χ3n) is 3.14. The van der Waals surface area contributed by atoms with E-state index in [2.05, 4.69) is 20.6 Å². The van der Waals surface area contributed by atoms with Crippen LogP contribution in [0.2, 0.25) is 5.02 Å². The summed E-state index contributed by atoms with van der Waals surface area (Å²) in [5, 5.41) is 6.33. The first kappa shape index (κ1) is 13.1. The van der Waals surface area contributed by atoms with Crippen molar-refractivity contribution in [2.75, 3.05) is 17.7 Å². The summed E-state index contributed by atoms with van der Waals surface area (Å²) >= 11 is 5.74. The summed E-state index contributed by atoms with van der Waals surface area (Å²) in [7, 11) is 1.80. The first-order valence-corrected chi connectivity index (χ1v) is 6.82. The van der Waals surface area contributed by atoms with Crippen LogP contribution in [0.5, 0.6) is 0 Å². The number of hydrogen-bond acceptors (Lipinski definition) is 4. The van der Waals surface area contributed by atoms with E-state index in [9.17, 15) is 4.39 Å². The van der Waals surface area contributed by atoms with Gasteiger partial charge in [0, 0.05) is 24.1 Å². The fourth-order valence-electron chi connectivity index (χ4n) is 1.91. The minimum atomic E-state index is -0.407. The lowest BCUT2D eigenvalue weighted by molar-refractivity contribution is 0.632. The van der Waals surface area contributed by atoms with Crippen LogP contribution in [0.3, 0.4) is 0 Å². The van der Waals surface area contributed by atoms with E-state index in [4.69, 9.17) is 11.6 Å². The molecule has 2 N–H and O–H groups in total. The Hall–Kier alpha value is -1.88. The van der Waals surface area contributed by atoms with Crippen LogP contribution in [0.15, 0.2) is 24.3 Å². The quantitative estimate of drug-likeness (QED) is 0.896. The Balaban J connectivity index is 1.91. The van der Waals surface area contributed by atoms with Gasteiger partial charge in [-0.15, -0.1) is 0 Å². The molecule has 0 bridgehead atoms. The van der Waals surface area contributed by atoms with Gasteiger partial charge in [0.25, 0.3) is 0 Å². The van der Waals surface area contributed by atoms with E-state index in [1.165, 1.54) is 6.07 Å². The molecule has 0 atom stereocenters. The standard InChI is InChI=1S/C14H14ClFN4/c1-17-12-7-13(20-14(19-12)8-2-3-8)18-11-5-4-9(15)6-10(11)16/h4-8H,2-3H2,1H3,(H2,17,18,19,20). The van der Waals surface area contributed by atoms with Gasteiger partial charge in [-0.05, 0) is 31.0 Å². The van der Waals surface area contributed by atoms with Crippen LogP contribution in [-0.2, 0) is 0 Å². The SMILES string of the molecule is CNc1cc(Nc2ccc(Cl)cc2F)nc(C2CC2)n1. The predicted octanol–water partition coefficient (Wildman–Crippen LogP) is 3.93. The van der Waals surface area contributed by atoms with Crippen LogP contribution in [0.25, 0.3) is 0 Å². The average molecular weight is 293 g/mol. The molecule has 0 aliphatic heterocycles. The fraction of sp³-hybridized carbons (Fsp3) is 0.286. The highest BCUT2D eigenvalue weighted by atomic mass is 35.5. The number of aromatic nitrogens is 2. The third-order valence-corrected chi connectivity index (χ3v) is 3.37. The molecule has 0 spiro atoms. The van der Waals surface area contributed by atoms with E-state index in [1.54, 1.807) is 25.2 Å². The smallest absolute Gasteiger partial charge is 0.148 e. The molecule has 1 heterocycles. The second-order valence-electron chi connectivity index (χ2n) is 4.77. The highest BCUT2D eigenvalue weighted by molar-refractivity contribution is 6.30. The van der Waals surface area contributed by atoms with Crippen molar-refractivity contribution in [3.05, 3.63) is 40.9 Å². The van der Waals surface area contributed by atoms with Crippen molar-refractivity contribution >= 4 is 28.9 Å². The number of hydrogen-bond donors (Lipinski definition) is 2. The Kier molecular flexibility index (Phi) is 3.44. The number of rotatable bonds is 4. The van der Waals surface area contributed by atoms with Gasteiger partial charge in [-0.25, -0.2) is 14.4 Å². The summed E-state index contributed by atoms with van der Waals surface area (Å²) in [6.07, 6.45) is 2.23. The lowest BCUT2D eigenvalue weighted by Gasteiger charge is -2.10. The Labute approximate surface area is 121 Å². The number of anilines is 3. The summed E-state index contributed by atoms with van der Waals surface area (Å²) in [4.78, 5) is 8.86. The molecule has 4 nitrogen and oxygen atoms in total. The van der Waals surface area contributed by atoms with Crippen molar-refractivity contribution in [3.63, 3.8) is 0 Å². The number of benzene rings is 1. The fourth-order valence-corrected chi connectivity index (χ4v) is 2.07. The Morgan fingerprint density at radius 1 is 1.20 bits per heavy atom. The van der Waals surface area contributed by atoms with Gasteiger partial charge >= 0.3 is 0 Å². The molecule has 20 heavy (non-hydrogen) atoms. The van der Waals surface area contributed by atoms with Gasteiger partial charge in [-0.2, -0.15) is 0 Å². The first-order chi connectivity index (χ1) is 9.65. The van der Waals surface area contributed by atoms with Crippen LogP contribution in [0, 0.1) is 5.82 Å². The zero-order valence-corrected chi connectivity index (χ0v) is 11.7. The van der Waals surface area contributed by atoms with Gasteiger partial charge in [-0.1, -0.05) is 11.6 Å². The molecule has 2 aromatic rings. The third kappa shape index (κ3) is 2.82. The predicted molar refractivity (Wildman–Crippen MR) is 78.2 cm³/mol. The van der Waals surface area contributed by atoms with Crippen LogP contribution in [0.1, 0.15) is 24.6 Å². The highest BCUT2D eigenvalue weighted by Gasteiger charge is 2.27. The monoisotopic (exact) mass is 292 g/mol. The lowest BCUT2D eigenvalue weighted by Crippen LogP contribution is -2.03. The summed E-state index contributed by atoms with van der Waals surface area (Å²) in [6.45, 7) is 0. The molecule has 1 aromatic carbocycles. The molecule has 0 saturated heterocycles. The van der Waals surface area contributed by atoms with Crippen molar-refractivity contribution in [1.29, 1.82) is 0 Å². The molecule has 1 fully saturated rings. The molecule has 1 aromatic heterocycles. The maximum absolute atomic E-state index is 13.8. The average Bonchev–Trinajstić information content (AvgIpc) is 3.26. The molecule has 0 radical (unpaired) electrons. The highest BCUT2D eigenvalue weighted by Crippen LogP contribution is 2.39. The van der Waals surface area contributed by atoms with Gasteiger partial charge in [0.05, 0.1) is 5.69 Å². The summed E-state index contributed by atoms with van der Waals surface area (Å²) in [5.41, 5.74) is 0.344. The van der Waals surface area contributed by atoms with Crippen molar-refractivity contribution in [2.24, 2.45) is 0 Å². The molecule has 3 rings (SSSR count). The maximum Gasteiger partial charge on any atom is 0.148 e. The van der Waals surface area contributed by atoms with Crippen molar-refractivity contribution < 1.29 is 4.39 Å². The molecule has 1 saturated carbocycles. The summed E-state index contributed by atoms with van der Waals surface area (Å²) < 4.78 is 13.8. The van der Waals surface area contributed by atoms with E-state index in [0.29, 0.717) is 22.4 Å². The van der Waals surface area contributed by atoms with E-state index in [-0.39, 0.29) is 0 Å². The van der Waals surface area contributed by atoms with E-state index >= 15 is 0 Å². The van der Waals surface area contributed by atoms with Crippen LogP contribution in [-0.4, -0.2) is 17.0 Å². The zero-order chi connectivity index (χ0) is 14.1. The number of nitrogens with one attached hydrogen (secondary N) is 2. The molecule has 1 aliphatic carbocycles. The molecular formula is C14H14ClFN4. The van der Waals surface area contributed by atoms with Gasteiger partial charge in [0.2, 0.25) is 0 Å². The minimum absolute atomic E-state index is 0.344. The summed E-state index contributed by atoms with van der Waals surface area (Å²) in [6, 6.07) is 6.25. The molecule has 1 aliphatic rings. The van der Waals surface area contributed by atoms with Crippen molar-refractivity contribution in [2.45, 2.75) is 18.8 Å². The van der Waals surface area contributed by atoms with E-state index in [0.717, 1.165) is 24.5 Å². The van der Waals surface area contributed by atoms with Gasteiger partial charge in [0.1, 0.15) is 23.3 Å². The van der Waals surface area contributed by atoms with Crippen LogP contribution >= 0.6 is 11.6 Å².